The van der Waals surface area contributed by atoms with E-state index in [1.54, 1.807) is 5.57 Å². The van der Waals surface area contributed by atoms with Gasteiger partial charge in [-0.2, -0.15) is 0 Å². The summed E-state index contributed by atoms with van der Waals surface area (Å²) in [7, 11) is 0. The van der Waals surface area contributed by atoms with E-state index in [1.807, 2.05) is 0 Å². The Bertz CT molecular complexity index is 846. The lowest BCUT2D eigenvalue weighted by molar-refractivity contribution is -0.151. The van der Waals surface area contributed by atoms with Gasteiger partial charge in [-0.1, -0.05) is 85.3 Å². The van der Waals surface area contributed by atoms with Crippen LogP contribution in [-0.4, -0.2) is 23.8 Å². The molecule has 0 aromatic heterocycles. The fourth-order valence-corrected chi connectivity index (χ4v) is 10.5. The summed E-state index contributed by atoms with van der Waals surface area (Å²) in [5.41, 5.74) is 2.47. The zero-order valence-electron chi connectivity index (χ0n) is 27.2. The van der Waals surface area contributed by atoms with E-state index < -0.39 is 0 Å². The van der Waals surface area contributed by atoms with Crippen LogP contribution in [0.25, 0.3) is 0 Å². The van der Waals surface area contributed by atoms with Crippen LogP contribution in [0.3, 0.4) is 0 Å². The van der Waals surface area contributed by atoms with E-state index in [-0.39, 0.29) is 18.7 Å². The average Bonchev–Trinajstić information content (AvgIpc) is 3.28. The minimum atomic E-state index is 0.00301. The van der Waals surface area contributed by atoms with Crippen molar-refractivity contribution in [2.75, 3.05) is 6.61 Å². The maximum atomic E-state index is 12.6. The predicted molar refractivity (Wildman–Crippen MR) is 167 cm³/mol. The predicted octanol–water partition coefficient (Wildman–Crippen LogP) is 9.91. The van der Waals surface area contributed by atoms with E-state index in [2.05, 4.69) is 47.6 Å². The smallest absolute Gasteiger partial charge is 0.306 e. The van der Waals surface area contributed by atoms with Gasteiger partial charge in [0.25, 0.3) is 0 Å². The van der Waals surface area contributed by atoms with E-state index in [1.165, 1.54) is 57.8 Å². The highest BCUT2D eigenvalue weighted by molar-refractivity contribution is 5.69. The van der Waals surface area contributed by atoms with E-state index >= 15 is 0 Å². The Morgan fingerprint density at radius 1 is 0.975 bits per heavy atom. The molecule has 1 N–H and O–H groups in total. The first-order valence-electron chi connectivity index (χ1n) is 17.6. The third kappa shape index (κ3) is 6.86. The molecule has 3 saturated carbocycles. The van der Waals surface area contributed by atoms with Crippen LogP contribution >= 0.6 is 0 Å². The Balaban J connectivity index is 1.32. The number of rotatable bonds is 14. The molecule has 0 radical (unpaired) electrons. The van der Waals surface area contributed by atoms with Gasteiger partial charge >= 0.3 is 5.97 Å². The minimum Gasteiger partial charge on any atom is -0.462 e. The van der Waals surface area contributed by atoms with Crippen molar-refractivity contribution in [3.05, 3.63) is 11.6 Å². The molecule has 40 heavy (non-hydrogen) atoms. The van der Waals surface area contributed by atoms with Crippen LogP contribution < -0.4 is 0 Å². The molecule has 230 valence electrons. The Labute approximate surface area is 247 Å². The van der Waals surface area contributed by atoms with Crippen LogP contribution in [0, 0.1) is 52.3 Å². The number of carbonyl (C=O) groups excluding carboxylic acids is 1. The number of aliphatic hydroxyl groups is 1. The maximum Gasteiger partial charge on any atom is 0.306 e. The normalized spacial score (nSPS) is 36.8. The molecule has 1 unspecified atom stereocenters. The van der Waals surface area contributed by atoms with Crippen LogP contribution in [-0.2, 0) is 9.53 Å². The summed E-state index contributed by atoms with van der Waals surface area (Å²) in [6.45, 7) is 15.4. The molecule has 9 atom stereocenters. The molecule has 0 aromatic rings. The second-order valence-corrected chi connectivity index (χ2v) is 15.6. The summed E-state index contributed by atoms with van der Waals surface area (Å²) < 4.78 is 6.02. The highest BCUT2D eigenvalue weighted by Gasteiger charge is 2.59. The lowest BCUT2D eigenvalue weighted by atomic mass is 9.47. The molecule has 4 aliphatic carbocycles. The molecule has 0 saturated heterocycles. The standard InChI is InChI=1S/C37H64O3/c1-7-28(26(2)3)15-14-27(4)32-18-19-33-31-17-16-29-25-30(40-35(39)13-11-9-8-10-12-24-38)20-22-36(29,5)34(31)21-23-37(32,33)6/h16,26-28,30-34,38H,7-15,17-25H2,1-6H3/t27-,28-,30?,31+,32-,33+,34+,36+,37-/m1/s1. The quantitative estimate of drug-likeness (QED) is 0.132. The molecule has 0 bridgehead atoms. The molecule has 0 heterocycles. The van der Waals surface area contributed by atoms with Gasteiger partial charge in [-0.15, -0.1) is 0 Å². The summed E-state index contributed by atoms with van der Waals surface area (Å²) >= 11 is 0. The fraction of sp³-hybridized carbons (Fsp3) is 0.919. The van der Waals surface area contributed by atoms with Gasteiger partial charge in [0.15, 0.2) is 0 Å². The van der Waals surface area contributed by atoms with E-state index in [9.17, 15) is 4.79 Å². The Kier molecular flexibility index (Phi) is 11.3. The van der Waals surface area contributed by atoms with Crippen LogP contribution in [0.5, 0.6) is 0 Å². The number of fused-ring (bicyclic) bond motifs is 5. The van der Waals surface area contributed by atoms with Gasteiger partial charge < -0.3 is 9.84 Å². The van der Waals surface area contributed by atoms with Crippen molar-refractivity contribution in [3.8, 4) is 0 Å². The van der Waals surface area contributed by atoms with Crippen LogP contribution in [0.1, 0.15) is 151 Å². The van der Waals surface area contributed by atoms with Crippen molar-refractivity contribution < 1.29 is 14.6 Å². The third-order valence-electron chi connectivity index (χ3n) is 13.1. The lowest BCUT2D eigenvalue weighted by Crippen LogP contribution is -2.51. The van der Waals surface area contributed by atoms with Crippen molar-refractivity contribution >= 4 is 5.97 Å². The average molecular weight is 557 g/mol. The molecule has 3 fully saturated rings. The number of allylic oxidation sites excluding steroid dienone is 1. The summed E-state index contributed by atoms with van der Waals surface area (Å²) in [5.74, 6) is 6.05. The van der Waals surface area contributed by atoms with Gasteiger partial charge in [0.05, 0.1) is 0 Å². The molecule has 3 heteroatoms. The summed E-state index contributed by atoms with van der Waals surface area (Å²) in [6, 6.07) is 0. The first-order chi connectivity index (χ1) is 19.1. The van der Waals surface area contributed by atoms with Gasteiger partial charge in [0.1, 0.15) is 6.10 Å². The van der Waals surface area contributed by atoms with Gasteiger partial charge in [-0.25, -0.2) is 0 Å². The van der Waals surface area contributed by atoms with Crippen LogP contribution in [0.4, 0.5) is 0 Å². The van der Waals surface area contributed by atoms with Crippen molar-refractivity contribution in [2.45, 2.75) is 157 Å². The number of hydrogen-bond acceptors (Lipinski definition) is 3. The van der Waals surface area contributed by atoms with E-state index in [4.69, 9.17) is 9.84 Å². The summed E-state index contributed by atoms with van der Waals surface area (Å²) in [5, 5.41) is 8.92. The highest BCUT2D eigenvalue weighted by Crippen LogP contribution is 2.67. The molecule has 0 aromatic carbocycles. The fourth-order valence-electron chi connectivity index (χ4n) is 10.5. The van der Waals surface area contributed by atoms with E-state index in [0.29, 0.717) is 17.3 Å². The monoisotopic (exact) mass is 556 g/mol. The van der Waals surface area contributed by atoms with E-state index in [0.717, 1.165) is 86.4 Å². The second kappa shape index (κ2) is 14.1. The number of esters is 1. The molecule has 4 aliphatic rings. The van der Waals surface area contributed by atoms with Crippen LogP contribution in [0.15, 0.2) is 11.6 Å². The maximum absolute atomic E-state index is 12.6. The van der Waals surface area contributed by atoms with Gasteiger partial charge in [-0.3, -0.25) is 4.79 Å². The number of hydrogen-bond donors (Lipinski definition) is 1. The van der Waals surface area contributed by atoms with Gasteiger partial charge in [0, 0.05) is 19.4 Å². The zero-order valence-corrected chi connectivity index (χ0v) is 27.2. The minimum absolute atomic E-state index is 0.00301. The first kappa shape index (κ1) is 32.1. The summed E-state index contributed by atoms with van der Waals surface area (Å²) in [6.07, 6.45) is 22.6. The summed E-state index contributed by atoms with van der Waals surface area (Å²) in [4.78, 5) is 12.6. The SMILES string of the molecule is CC[C@H](CC[C@@H](C)[C@H]1CC[C@H]2[C@@H]3CC=C4CC(OC(=O)CCCCCCCO)CC[C@]4(C)[C@H]3CC[C@]12C)C(C)C. The van der Waals surface area contributed by atoms with Crippen LogP contribution in [0.2, 0.25) is 0 Å². The highest BCUT2D eigenvalue weighted by atomic mass is 16.5. The molecule has 3 nitrogen and oxygen atoms in total. The van der Waals surface area contributed by atoms with Gasteiger partial charge in [-0.05, 0) is 116 Å². The third-order valence-corrected chi connectivity index (χ3v) is 13.1. The molecule has 0 amide bonds. The van der Waals surface area contributed by atoms with Crippen molar-refractivity contribution in [3.63, 3.8) is 0 Å². The van der Waals surface area contributed by atoms with Crippen molar-refractivity contribution in [1.29, 1.82) is 0 Å². The number of carbonyl (C=O) groups is 1. The molecule has 0 spiro atoms. The molecular weight excluding hydrogens is 492 g/mol. The van der Waals surface area contributed by atoms with Gasteiger partial charge in [0.2, 0.25) is 0 Å². The Hall–Kier alpha value is -0.830. The molecule has 0 aliphatic heterocycles. The Morgan fingerprint density at radius 3 is 2.45 bits per heavy atom. The first-order valence-corrected chi connectivity index (χ1v) is 17.6. The second-order valence-electron chi connectivity index (χ2n) is 15.6. The topological polar surface area (TPSA) is 46.5 Å². The largest absolute Gasteiger partial charge is 0.462 e. The number of unbranched alkanes of at least 4 members (excludes halogenated alkanes) is 4. The number of ether oxygens (including phenoxy) is 1. The number of aliphatic hydroxyl groups excluding tert-OH is 1. The molecule has 4 rings (SSSR count). The molecular formula is C37H64O3. The van der Waals surface area contributed by atoms with Crippen molar-refractivity contribution in [2.24, 2.45) is 52.3 Å². The zero-order chi connectivity index (χ0) is 28.9. The Morgan fingerprint density at radius 2 is 1.73 bits per heavy atom. The van der Waals surface area contributed by atoms with Crippen molar-refractivity contribution in [1.82, 2.24) is 0 Å². The lowest BCUT2D eigenvalue weighted by Gasteiger charge is -2.58.